The standard InChI is InChI=1S/C37H30N2O3S/c1-2-3-23-42-28-19-15-25(16-20-28)24-38-26-17-21-29(22-18-26)43-33-14-8-12-31-35(33)37(41)30-11-7-13-32(34(30)36(31)40)39-27-9-5-4-6-10-27/h4-22,24,39H,2-3,23H2,1H3. The van der Waals surface area contributed by atoms with Gasteiger partial charge in [0, 0.05) is 38.4 Å². The smallest absolute Gasteiger partial charge is 0.196 e. The molecule has 5 aromatic carbocycles. The monoisotopic (exact) mass is 582 g/mol. The van der Waals surface area contributed by atoms with Gasteiger partial charge in [0.15, 0.2) is 11.6 Å². The average molecular weight is 583 g/mol. The Labute approximate surface area is 255 Å². The highest BCUT2D eigenvalue weighted by Crippen LogP contribution is 2.39. The fraction of sp³-hybridized carbons (Fsp3) is 0.108. The van der Waals surface area contributed by atoms with Crippen LogP contribution < -0.4 is 10.1 Å². The summed E-state index contributed by atoms with van der Waals surface area (Å²) in [5, 5.41) is 3.31. The van der Waals surface area contributed by atoms with E-state index >= 15 is 0 Å². The normalized spacial score (nSPS) is 12.2. The van der Waals surface area contributed by atoms with Crippen LogP contribution in [0.15, 0.2) is 130 Å². The summed E-state index contributed by atoms with van der Waals surface area (Å²) in [6, 6.07) is 36.2. The Morgan fingerprint density at radius 1 is 0.744 bits per heavy atom. The van der Waals surface area contributed by atoms with E-state index in [0.29, 0.717) is 27.9 Å². The molecule has 1 aliphatic carbocycles. The second-order valence-corrected chi connectivity index (χ2v) is 11.3. The van der Waals surface area contributed by atoms with Gasteiger partial charge in [0.1, 0.15) is 5.75 Å². The van der Waals surface area contributed by atoms with Crippen LogP contribution in [0.4, 0.5) is 17.1 Å². The number of ether oxygens (including phenoxy) is 1. The van der Waals surface area contributed by atoms with Gasteiger partial charge in [0.25, 0.3) is 0 Å². The van der Waals surface area contributed by atoms with E-state index in [1.54, 1.807) is 12.1 Å². The fourth-order valence-corrected chi connectivity index (χ4v) is 5.91. The van der Waals surface area contributed by atoms with Gasteiger partial charge in [0.05, 0.1) is 23.5 Å². The predicted octanol–water partition coefficient (Wildman–Crippen LogP) is 9.29. The highest BCUT2D eigenvalue weighted by molar-refractivity contribution is 7.99. The summed E-state index contributed by atoms with van der Waals surface area (Å²) in [7, 11) is 0. The van der Waals surface area contributed by atoms with Gasteiger partial charge in [-0.3, -0.25) is 14.6 Å². The van der Waals surface area contributed by atoms with Gasteiger partial charge in [-0.05, 0) is 84.8 Å². The molecule has 0 heterocycles. The van der Waals surface area contributed by atoms with E-state index in [-0.39, 0.29) is 11.6 Å². The minimum absolute atomic E-state index is 0.146. The van der Waals surface area contributed by atoms with Crippen LogP contribution in [0.2, 0.25) is 0 Å². The zero-order valence-corrected chi connectivity index (χ0v) is 24.6. The maximum absolute atomic E-state index is 13.8. The van der Waals surface area contributed by atoms with Crippen LogP contribution >= 0.6 is 11.8 Å². The molecule has 0 spiro atoms. The third kappa shape index (κ3) is 6.30. The summed E-state index contributed by atoms with van der Waals surface area (Å²) in [5.74, 6) is 0.562. The molecule has 0 fully saturated rings. The Balaban J connectivity index is 1.19. The molecular weight excluding hydrogens is 552 g/mol. The first kappa shape index (κ1) is 28.2. The number of carbonyl (C=O) groups excluding carboxylic acids is 2. The molecule has 0 aliphatic heterocycles. The van der Waals surface area contributed by atoms with Gasteiger partial charge in [-0.25, -0.2) is 0 Å². The predicted molar refractivity (Wildman–Crippen MR) is 174 cm³/mol. The Morgan fingerprint density at radius 2 is 1.44 bits per heavy atom. The van der Waals surface area contributed by atoms with Crippen LogP contribution in [0.25, 0.3) is 0 Å². The van der Waals surface area contributed by atoms with Crippen LogP contribution in [-0.4, -0.2) is 24.4 Å². The Morgan fingerprint density at radius 3 is 2.19 bits per heavy atom. The van der Waals surface area contributed by atoms with E-state index < -0.39 is 0 Å². The quantitative estimate of drug-likeness (QED) is 0.129. The summed E-state index contributed by atoms with van der Waals surface area (Å²) < 4.78 is 5.73. The van der Waals surface area contributed by atoms with Crippen molar-refractivity contribution in [2.24, 2.45) is 4.99 Å². The highest BCUT2D eigenvalue weighted by Gasteiger charge is 2.33. The van der Waals surface area contributed by atoms with Crippen molar-refractivity contribution in [3.05, 3.63) is 143 Å². The van der Waals surface area contributed by atoms with Gasteiger partial charge in [-0.1, -0.05) is 67.6 Å². The van der Waals surface area contributed by atoms with Gasteiger partial charge in [0.2, 0.25) is 0 Å². The summed E-state index contributed by atoms with van der Waals surface area (Å²) in [6.07, 6.45) is 3.98. The van der Waals surface area contributed by atoms with E-state index in [2.05, 4.69) is 17.2 Å². The minimum atomic E-state index is -0.156. The number of rotatable bonds is 10. The number of carbonyl (C=O) groups is 2. The highest BCUT2D eigenvalue weighted by atomic mass is 32.2. The molecule has 6 heteroatoms. The molecule has 5 nitrogen and oxygen atoms in total. The van der Waals surface area contributed by atoms with Gasteiger partial charge in [-0.15, -0.1) is 0 Å². The second-order valence-electron chi connectivity index (χ2n) is 10.2. The molecule has 212 valence electrons. The molecule has 0 unspecified atom stereocenters. The lowest BCUT2D eigenvalue weighted by molar-refractivity contribution is 0.0977. The maximum Gasteiger partial charge on any atom is 0.196 e. The molecule has 5 aromatic rings. The molecule has 6 rings (SSSR count). The number of nitrogens with one attached hydrogen (secondary N) is 1. The summed E-state index contributed by atoms with van der Waals surface area (Å²) in [5.41, 5.74) is 4.98. The van der Waals surface area contributed by atoms with Crippen molar-refractivity contribution in [2.45, 2.75) is 29.6 Å². The molecule has 1 N–H and O–H groups in total. The van der Waals surface area contributed by atoms with Crippen molar-refractivity contribution in [3.63, 3.8) is 0 Å². The number of ketones is 2. The summed E-state index contributed by atoms with van der Waals surface area (Å²) in [6.45, 7) is 2.87. The lowest BCUT2D eigenvalue weighted by atomic mass is 9.83. The molecule has 1 aliphatic rings. The van der Waals surface area contributed by atoms with Crippen molar-refractivity contribution in [1.29, 1.82) is 0 Å². The number of benzene rings is 5. The molecule has 0 radical (unpaired) electrons. The van der Waals surface area contributed by atoms with Crippen LogP contribution in [0.5, 0.6) is 5.75 Å². The SMILES string of the molecule is CCCCOc1ccc(C=Nc2ccc(Sc3cccc4c3C(=O)c3cccc(Nc5ccccc5)c3C4=O)cc2)cc1. The number of nitrogens with zero attached hydrogens (tertiary/aromatic N) is 1. The molecule has 0 bridgehead atoms. The molecule has 43 heavy (non-hydrogen) atoms. The number of hydrogen-bond acceptors (Lipinski definition) is 6. The van der Waals surface area contributed by atoms with Gasteiger partial charge >= 0.3 is 0 Å². The number of hydrogen-bond donors (Lipinski definition) is 1. The third-order valence-corrected chi connectivity index (χ3v) is 8.23. The van der Waals surface area contributed by atoms with E-state index in [1.165, 1.54) is 11.8 Å². The van der Waals surface area contributed by atoms with E-state index in [0.717, 1.165) is 51.9 Å². The number of aliphatic imine (C=N–C) groups is 1. The summed E-state index contributed by atoms with van der Waals surface area (Å²) >= 11 is 1.47. The second kappa shape index (κ2) is 12.9. The lowest BCUT2D eigenvalue weighted by Gasteiger charge is -2.22. The Kier molecular flexibility index (Phi) is 8.47. The van der Waals surface area contributed by atoms with E-state index in [9.17, 15) is 9.59 Å². The first-order valence-corrected chi connectivity index (χ1v) is 15.1. The zero-order valence-electron chi connectivity index (χ0n) is 23.7. The van der Waals surface area contributed by atoms with Crippen LogP contribution in [0, 0.1) is 0 Å². The minimum Gasteiger partial charge on any atom is -0.494 e. The van der Waals surface area contributed by atoms with Crippen LogP contribution in [0.3, 0.4) is 0 Å². The van der Waals surface area contributed by atoms with Crippen molar-refractivity contribution in [3.8, 4) is 5.75 Å². The molecular formula is C37H30N2O3S. The zero-order chi connectivity index (χ0) is 29.6. The molecule has 0 saturated carbocycles. The molecule has 0 aromatic heterocycles. The Bertz CT molecular complexity index is 1800. The first-order chi connectivity index (χ1) is 21.1. The largest absolute Gasteiger partial charge is 0.494 e. The third-order valence-electron chi connectivity index (χ3n) is 7.16. The molecule has 0 amide bonds. The van der Waals surface area contributed by atoms with Gasteiger partial charge in [-0.2, -0.15) is 0 Å². The van der Waals surface area contributed by atoms with Crippen LogP contribution in [-0.2, 0) is 0 Å². The van der Waals surface area contributed by atoms with Crippen LogP contribution in [0.1, 0.15) is 57.2 Å². The maximum atomic E-state index is 13.8. The molecule has 0 saturated heterocycles. The first-order valence-electron chi connectivity index (χ1n) is 14.3. The van der Waals surface area contributed by atoms with Gasteiger partial charge < -0.3 is 10.1 Å². The van der Waals surface area contributed by atoms with Crippen molar-refractivity contribution in [2.75, 3.05) is 11.9 Å². The Hall–Kier alpha value is -4.94. The van der Waals surface area contributed by atoms with Crippen molar-refractivity contribution in [1.82, 2.24) is 0 Å². The van der Waals surface area contributed by atoms with Crippen molar-refractivity contribution >= 4 is 46.6 Å². The lowest BCUT2D eigenvalue weighted by Crippen LogP contribution is -2.23. The number of anilines is 2. The van der Waals surface area contributed by atoms with E-state index in [1.807, 2.05) is 109 Å². The number of para-hydroxylation sites is 1. The number of fused-ring (bicyclic) bond motifs is 2. The fourth-order valence-electron chi connectivity index (χ4n) is 4.94. The van der Waals surface area contributed by atoms with Crippen molar-refractivity contribution < 1.29 is 14.3 Å². The number of unbranched alkanes of at least 4 members (excludes halogenated alkanes) is 1. The average Bonchev–Trinajstić information content (AvgIpc) is 3.04. The summed E-state index contributed by atoms with van der Waals surface area (Å²) in [4.78, 5) is 33.9. The van der Waals surface area contributed by atoms with E-state index in [4.69, 9.17) is 4.74 Å². The topological polar surface area (TPSA) is 67.8 Å². The molecule has 0 atom stereocenters.